The van der Waals surface area contributed by atoms with Gasteiger partial charge in [-0.1, -0.05) is 0 Å². The van der Waals surface area contributed by atoms with Gasteiger partial charge in [-0.3, -0.25) is 4.79 Å². The highest BCUT2D eigenvalue weighted by Crippen LogP contribution is 2.41. The second-order valence-electron chi connectivity index (χ2n) is 4.29. The third kappa shape index (κ3) is 1.57. The maximum absolute atomic E-state index is 11.3. The van der Waals surface area contributed by atoms with Gasteiger partial charge < -0.3 is 10.1 Å². The zero-order valence-corrected chi connectivity index (χ0v) is 8.14. The van der Waals surface area contributed by atoms with Crippen molar-refractivity contribution >= 4 is 5.91 Å². The number of carbonyl (C=O) groups excluding carboxylic acids is 1. The molecule has 2 aliphatic heterocycles. The summed E-state index contributed by atoms with van der Waals surface area (Å²) < 4.78 is 5.43. The van der Waals surface area contributed by atoms with Crippen molar-refractivity contribution in [2.45, 2.75) is 38.6 Å². The van der Waals surface area contributed by atoms with E-state index in [0.717, 1.165) is 32.5 Å². The Morgan fingerprint density at radius 3 is 3.00 bits per heavy atom. The fourth-order valence-electron chi connectivity index (χ4n) is 2.56. The van der Waals surface area contributed by atoms with Crippen LogP contribution in [0.25, 0.3) is 0 Å². The van der Waals surface area contributed by atoms with Crippen LogP contribution in [0, 0.1) is 5.41 Å². The third-order valence-electron chi connectivity index (χ3n) is 3.52. The minimum Gasteiger partial charge on any atom is -0.381 e. The van der Waals surface area contributed by atoms with Crippen LogP contribution >= 0.6 is 0 Å². The average Bonchev–Trinajstić information content (AvgIpc) is 2.29. The maximum atomic E-state index is 11.3. The van der Waals surface area contributed by atoms with Gasteiger partial charge in [0.15, 0.2) is 0 Å². The first-order valence-electron chi connectivity index (χ1n) is 5.10. The van der Waals surface area contributed by atoms with E-state index < -0.39 is 0 Å². The number of rotatable bonds is 0. The van der Waals surface area contributed by atoms with Crippen LogP contribution in [0.1, 0.15) is 32.6 Å². The van der Waals surface area contributed by atoms with Gasteiger partial charge in [-0.15, -0.1) is 0 Å². The topological polar surface area (TPSA) is 38.3 Å². The molecule has 0 aromatic rings. The molecule has 13 heavy (non-hydrogen) atoms. The molecule has 1 N–H and O–H groups in total. The molecule has 0 aromatic heterocycles. The predicted molar refractivity (Wildman–Crippen MR) is 49.3 cm³/mol. The second-order valence-corrected chi connectivity index (χ2v) is 4.29. The number of hydrogen-bond acceptors (Lipinski definition) is 2. The van der Waals surface area contributed by atoms with Crippen molar-refractivity contribution in [3.63, 3.8) is 0 Å². The molecular formula is C10H17NO2. The van der Waals surface area contributed by atoms with E-state index in [0.29, 0.717) is 12.5 Å². The molecule has 0 bridgehead atoms. The number of hydrogen-bond donors (Lipinski definition) is 1. The van der Waals surface area contributed by atoms with Gasteiger partial charge in [0.1, 0.15) is 0 Å². The summed E-state index contributed by atoms with van der Waals surface area (Å²) in [5.74, 6) is 0.217. The first-order chi connectivity index (χ1) is 6.23. The van der Waals surface area contributed by atoms with Crippen molar-refractivity contribution in [1.82, 2.24) is 5.32 Å². The molecular weight excluding hydrogens is 166 g/mol. The molecule has 2 heterocycles. The minimum absolute atomic E-state index is 0.202. The van der Waals surface area contributed by atoms with Crippen LogP contribution in [0.3, 0.4) is 0 Å². The molecule has 2 aliphatic rings. The molecule has 1 spiro atoms. The SMILES string of the molecule is CC1NC(=O)CC12CCCOCC2. The fraction of sp³-hybridized carbons (Fsp3) is 0.900. The lowest BCUT2D eigenvalue weighted by Gasteiger charge is -2.30. The number of ether oxygens (including phenoxy) is 1. The van der Waals surface area contributed by atoms with E-state index in [1.165, 1.54) is 0 Å². The maximum Gasteiger partial charge on any atom is 0.220 e. The van der Waals surface area contributed by atoms with Crippen LogP contribution in [-0.2, 0) is 9.53 Å². The Morgan fingerprint density at radius 2 is 2.31 bits per heavy atom. The standard InChI is InChI=1S/C10H17NO2/c1-8-10(7-9(12)11-8)3-2-5-13-6-4-10/h8H,2-7H2,1H3,(H,11,12). The first kappa shape index (κ1) is 9.00. The van der Waals surface area contributed by atoms with Crippen LogP contribution in [-0.4, -0.2) is 25.2 Å². The van der Waals surface area contributed by atoms with Gasteiger partial charge in [0, 0.05) is 31.1 Å². The van der Waals surface area contributed by atoms with E-state index in [2.05, 4.69) is 12.2 Å². The zero-order chi connectivity index (χ0) is 9.31. The molecule has 2 saturated heterocycles. The van der Waals surface area contributed by atoms with Crippen LogP contribution in [0.2, 0.25) is 0 Å². The number of amides is 1. The van der Waals surface area contributed by atoms with E-state index >= 15 is 0 Å². The monoisotopic (exact) mass is 183 g/mol. The highest BCUT2D eigenvalue weighted by molar-refractivity contribution is 5.79. The highest BCUT2D eigenvalue weighted by Gasteiger charge is 2.44. The summed E-state index contributed by atoms with van der Waals surface area (Å²) in [4.78, 5) is 11.3. The lowest BCUT2D eigenvalue weighted by molar-refractivity contribution is -0.119. The summed E-state index contributed by atoms with van der Waals surface area (Å²) in [7, 11) is 0. The van der Waals surface area contributed by atoms with E-state index in [-0.39, 0.29) is 11.3 Å². The lowest BCUT2D eigenvalue weighted by atomic mass is 9.75. The predicted octanol–water partition coefficient (Wildman–Crippen LogP) is 1.08. The van der Waals surface area contributed by atoms with Gasteiger partial charge in [-0.2, -0.15) is 0 Å². The minimum atomic E-state index is 0.202. The van der Waals surface area contributed by atoms with Crippen molar-refractivity contribution < 1.29 is 9.53 Å². The lowest BCUT2D eigenvalue weighted by Crippen LogP contribution is -2.34. The summed E-state index contributed by atoms with van der Waals surface area (Å²) in [6.45, 7) is 3.80. The smallest absolute Gasteiger partial charge is 0.220 e. The first-order valence-corrected chi connectivity index (χ1v) is 5.10. The van der Waals surface area contributed by atoms with Crippen LogP contribution < -0.4 is 5.32 Å². The Morgan fingerprint density at radius 1 is 1.46 bits per heavy atom. The largest absolute Gasteiger partial charge is 0.381 e. The number of nitrogens with one attached hydrogen (secondary N) is 1. The molecule has 1 amide bonds. The van der Waals surface area contributed by atoms with Gasteiger partial charge in [0.2, 0.25) is 5.91 Å². The van der Waals surface area contributed by atoms with Crippen molar-refractivity contribution in [1.29, 1.82) is 0 Å². The molecule has 0 aromatic carbocycles. The van der Waals surface area contributed by atoms with Gasteiger partial charge in [0.25, 0.3) is 0 Å². The van der Waals surface area contributed by atoms with Gasteiger partial charge in [0.05, 0.1) is 0 Å². The molecule has 2 atom stereocenters. The molecule has 0 aliphatic carbocycles. The Bertz CT molecular complexity index is 207. The van der Waals surface area contributed by atoms with Crippen LogP contribution in [0.5, 0.6) is 0 Å². The molecule has 2 rings (SSSR count). The van der Waals surface area contributed by atoms with Crippen molar-refractivity contribution in [3.8, 4) is 0 Å². The second kappa shape index (κ2) is 3.29. The summed E-state index contributed by atoms with van der Waals surface area (Å²) in [5, 5.41) is 3.01. The molecule has 3 nitrogen and oxygen atoms in total. The van der Waals surface area contributed by atoms with Crippen molar-refractivity contribution in [2.75, 3.05) is 13.2 Å². The Hall–Kier alpha value is -0.570. The van der Waals surface area contributed by atoms with Crippen molar-refractivity contribution in [3.05, 3.63) is 0 Å². The van der Waals surface area contributed by atoms with Crippen molar-refractivity contribution in [2.24, 2.45) is 5.41 Å². The van der Waals surface area contributed by atoms with Gasteiger partial charge >= 0.3 is 0 Å². The van der Waals surface area contributed by atoms with Gasteiger partial charge in [-0.05, 0) is 26.2 Å². The molecule has 74 valence electrons. The van der Waals surface area contributed by atoms with E-state index in [9.17, 15) is 4.79 Å². The molecule has 2 unspecified atom stereocenters. The molecule has 0 radical (unpaired) electrons. The summed E-state index contributed by atoms with van der Waals surface area (Å²) >= 11 is 0. The van der Waals surface area contributed by atoms with Gasteiger partial charge in [-0.25, -0.2) is 0 Å². The normalized spacial score (nSPS) is 40.4. The Balaban J connectivity index is 2.12. The number of carbonyl (C=O) groups is 1. The highest BCUT2D eigenvalue weighted by atomic mass is 16.5. The van der Waals surface area contributed by atoms with E-state index in [1.807, 2.05) is 0 Å². The van der Waals surface area contributed by atoms with E-state index in [4.69, 9.17) is 4.74 Å². The molecule has 3 heteroatoms. The Labute approximate surface area is 78.8 Å². The van der Waals surface area contributed by atoms with E-state index in [1.54, 1.807) is 0 Å². The molecule has 0 saturated carbocycles. The van der Waals surface area contributed by atoms with Crippen LogP contribution in [0.4, 0.5) is 0 Å². The quantitative estimate of drug-likeness (QED) is 0.610. The summed E-state index contributed by atoms with van der Waals surface area (Å²) in [6, 6.07) is 0.335. The summed E-state index contributed by atoms with van der Waals surface area (Å²) in [6.07, 6.45) is 3.97. The Kier molecular flexibility index (Phi) is 2.28. The fourth-order valence-corrected chi connectivity index (χ4v) is 2.56. The average molecular weight is 183 g/mol. The summed E-state index contributed by atoms with van der Waals surface area (Å²) in [5.41, 5.74) is 0.202. The third-order valence-corrected chi connectivity index (χ3v) is 3.52. The van der Waals surface area contributed by atoms with Crippen LogP contribution in [0.15, 0.2) is 0 Å². The molecule has 2 fully saturated rings. The zero-order valence-electron chi connectivity index (χ0n) is 8.14.